The second-order valence-electron chi connectivity index (χ2n) is 9.49. The summed E-state index contributed by atoms with van der Waals surface area (Å²) in [4.78, 5) is 6.59. The van der Waals surface area contributed by atoms with Crippen molar-refractivity contribution in [2.75, 3.05) is 41.8 Å². The molecule has 1 aromatic heterocycles. The number of methoxy groups -OCH3 is 1. The number of rotatable bonds is 6. The number of pyridine rings is 1. The van der Waals surface area contributed by atoms with Gasteiger partial charge in [-0.15, -0.1) is 0 Å². The van der Waals surface area contributed by atoms with E-state index >= 15 is 0 Å². The number of aromatic nitrogens is 1. The zero-order valence-corrected chi connectivity index (χ0v) is 22.6. The van der Waals surface area contributed by atoms with Crippen molar-refractivity contribution < 1.29 is 18.3 Å². The molecule has 5 rings (SSSR count). The smallest absolute Gasteiger partial charge is 0.239 e. The maximum Gasteiger partial charge on any atom is 0.239 e. The Morgan fingerprint density at radius 2 is 2.03 bits per heavy atom. The fourth-order valence-electron chi connectivity index (χ4n) is 4.95. The number of nitriles is 1. The number of ether oxygens (including phenoxy) is 1. The van der Waals surface area contributed by atoms with E-state index in [1.165, 1.54) is 4.31 Å². The third-order valence-corrected chi connectivity index (χ3v) is 9.23. The van der Waals surface area contributed by atoms with Gasteiger partial charge in [-0.3, -0.25) is 4.31 Å². The molecule has 0 spiro atoms. The lowest BCUT2D eigenvalue weighted by Crippen LogP contribution is -2.43. The number of sulfonamides is 1. The molecule has 38 heavy (non-hydrogen) atoms. The van der Waals surface area contributed by atoms with Crippen molar-refractivity contribution >= 4 is 38.8 Å². The van der Waals surface area contributed by atoms with E-state index in [0.29, 0.717) is 47.3 Å². The summed E-state index contributed by atoms with van der Waals surface area (Å²) in [7, 11) is -0.214. The van der Waals surface area contributed by atoms with Crippen molar-refractivity contribution in [3.63, 3.8) is 0 Å². The lowest BCUT2D eigenvalue weighted by Gasteiger charge is -2.36. The van der Waals surface area contributed by atoms with E-state index < -0.39 is 22.0 Å². The molecule has 2 aliphatic rings. The van der Waals surface area contributed by atoms with Gasteiger partial charge in [-0.25, -0.2) is 13.4 Å². The predicted molar refractivity (Wildman–Crippen MR) is 148 cm³/mol. The van der Waals surface area contributed by atoms with Gasteiger partial charge in [-0.2, -0.15) is 5.26 Å². The quantitative estimate of drug-likeness (QED) is 0.470. The van der Waals surface area contributed by atoms with Crippen LogP contribution in [-0.4, -0.2) is 51.9 Å². The number of β-amino-alcohol motifs (C(OH)–C–C–N with tert-alkyl or cyclic N) is 1. The lowest BCUT2D eigenvalue weighted by molar-refractivity contribution is 0.120. The van der Waals surface area contributed by atoms with Gasteiger partial charge in [0.15, 0.2) is 0 Å². The van der Waals surface area contributed by atoms with E-state index in [-0.39, 0.29) is 12.3 Å². The predicted octanol–water partition coefficient (Wildman–Crippen LogP) is 4.01. The Bertz CT molecular complexity index is 1510. The lowest BCUT2D eigenvalue weighted by atomic mass is 9.94. The molecule has 2 aliphatic heterocycles. The first-order valence-electron chi connectivity index (χ1n) is 12.2. The largest absolute Gasteiger partial charge is 0.497 e. The molecule has 2 atom stereocenters. The first-order chi connectivity index (χ1) is 18.2. The van der Waals surface area contributed by atoms with Crippen LogP contribution in [0.5, 0.6) is 5.75 Å². The molecule has 11 heteroatoms. The molecule has 9 nitrogen and oxygen atoms in total. The van der Waals surface area contributed by atoms with Crippen LogP contribution in [0, 0.1) is 17.2 Å². The van der Waals surface area contributed by atoms with Crippen LogP contribution in [0.3, 0.4) is 0 Å². The Hall–Kier alpha value is -3.52. The van der Waals surface area contributed by atoms with E-state index in [1.807, 2.05) is 41.3 Å². The number of aliphatic hydroxyl groups is 1. The standard InChI is InChI=1S/C27H28ClN5O4S/c1-32-23-8-5-18(11-20(23)16-38(32,35)36)22-14-31-27(30-13-17-3-6-21(37-2)7-4-17)25(28)26(22)33-10-9-19(12-29)24(34)15-33/h3-8,11,14,19,24,34H,9-10,13,15-16H2,1-2H3,(H,30,31). The third kappa shape index (κ3) is 4.85. The number of halogens is 1. The Kier molecular flexibility index (Phi) is 7.09. The minimum absolute atomic E-state index is 0.0725. The van der Waals surface area contributed by atoms with Crippen molar-refractivity contribution in [3.8, 4) is 22.9 Å². The normalized spacial score (nSPS) is 20.1. The summed E-state index contributed by atoms with van der Waals surface area (Å²) >= 11 is 6.98. The van der Waals surface area contributed by atoms with Crippen molar-refractivity contribution in [1.82, 2.24) is 4.98 Å². The Balaban J connectivity index is 1.52. The van der Waals surface area contributed by atoms with Crippen LogP contribution in [0.15, 0.2) is 48.7 Å². The van der Waals surface area contributed by atoms with E-state index in [4.69, 9.17) is 16.3 Å². The van der Waals surface area contributed by atoms with Crippen LogP contribution >= 0.6 is 11.6 Å². The average Bonchev–Trinajstić information content (AvgIpc) is 3.15. The molecule has 0 radical (unpaired) electrons. The van der Waals surface area contributed by atoms with Gasteiger partial charge in [0.05, 0.1) is 42.3 Å². The molecular weight excluding hydrogens is 526 g/mol. The highest BCUT2D eigenvalue weighted by atomic mass is 35.5. The minimum atomic E-state index is -3.38. The number of nitrogens with zero attached hydrogens (tertiary/aromatic N) is 4. The summed E-state index contributed by atoms with van der Waals surface area (Å²) in [5.74, 6) is 0.742. The zero-order chi connectivity index (χ0) is 27.0. The SMILES string of the molecule is COc1ccc(CNc2ncc(-c3ccc4c(c3)CS(=O)(=O)N4C)c(N3CCC(C#N)C(O)C3)c2Cl)cc1. The number of fused-ring (bicyclic) bond motifs is 1. The third-order valence-electron chi connectivity index (χ3n) is 7.16. The van der Waals surface area contributed by atoms with E-state index in [9.17, 15) is 18.8 Å². The maximum absolute atomic E-state index is 12.4. The van der Waals surface area contributed by atoms with Crippen molar-refractivity contribution in [1.29, 1.82) is 5.26 Å². The van der Waals surface area contributed by atoms with Gasteiger partial charge in [-0.1, -0.05) is 29.8 Å². The molecule has 2 unspecified atom stereocenters. The number of anilines is 3. The van der Waals surface area contributed by atoms with Crippen LogP contribution in [0.25, 0.3) is 11.1 Å². The van der Waals surface area contributed by atoms with Gasteiger partial charge in [0.25, 0.3) is 0 Å². The second kappa shape index (κ2) is 10.3. The summed E-state index contributed by atoms with van der Waals surface area (Å²) in [6.07, 6.45) is 1.40. The van der Waals surface area contributed by atoms with Gasteiger partial charge in [0, 0.05) is 38.4 Å². The Morgan fingerprint density at radius 3 is 2.71 bits per heavy atom. The summed E-state index contributed by atoms with van der Waals surface area (Å²) < 4.78 is 31.4. The number of aliphatic hydroxyl groups excluding tert-OH is 1. The maximum atomic E-state index is 12.4. The molecule has 0 saturated carbocycles. The number of hydrogen-bond donors (Lipinski definition) is 2. The summed E-state index contributed by atoms with van der Waals surface area (Å²) in [5, 5.41) is 23.7. The highest BCUT2D eigenvalue weighted by Gasteiger charge is 2.33. The topological polar surface area (TPSA) is 119 Å². The average molecular weight is 554 g/mol. The van der Waals surface area contributed by atoms with Crippen LogP contribution in [0.4, 0.5) is 17.2 Å². The fraction of sp³-hybridized carbons (Fsp3) is 0.333. The van der Waals surface area contributed by atoms with Crippen LogP contribution < -0.4 is 19.3 Å². The highest BCUT2D eigenvalue weighted by Crippen LogP contribution is 2.43. The van der Waals surface area contributed by atoms with Gasteiger partial charge >= 0.3 is 0 Å². The molecule has 3 aromatic rings. The Morgan fingerprint density at radius 1 is 1.26 bits per heavy atom. The zero-order valence-electron chi connectivity index (χ0n) is 21.1. The molecule has 1 fully saturated rings. The van der Waals surface area contributed by atoms with Crippen LogP contribution in [0.1, 0.15) is 17.5 Å². The van der Waals surface area contributed by atoms with E-state index in [0.717, 1.165) is 22.4 Å². The molecule has 2 aromatic carbocycles. The molecule has 0 aliphatic carbocycles. The van der Waals surface area contributed by atoms with E-state index in [1.54, 1.807) is 26.4 Å². The van der Waals surface area contributed by atoms with Crippen LogP contribution in [0.2, 0.25) is 5.02 Å². The van der Waals surface area contributed by atoms with Crippen LogP contribution in [-0.2, 0) is 22.3 Å². The molecule has 1 saturated heterocycles. The summed E-state index contributed by atoms with van der Waals surface area (Å²) in [6, 6.07) is 15.4. The summed E-state index contributed by atoms with van der Waals surface area (Å²) in [6.45, 7) is 1.26. The van der Waals surface area contributed by atoms with Gasteiger partial charge in [0.1, 0.15) is 16.6 Å². The highest BCUT2D eigenvalue weighted by molar-refractivity contribution is 7.92. The fourth-order valence-corrected chi connectivity index (χ4v) is 6.59. The molecule has 0 amide bonds. The molecule has 2 N–H and O–H groups in total. The monoisotopic (exact) mass is 553 g/mol. The van der Waals surface area contributed by atoms with Gasteiger partial charge in [0.2, 0.25) is 10.0 Å². The minimum Gasteiger partial charge on any atom is -0.497 e. The second-order valence-corrected chi connectivity index (χ2v) is 11.9. The molecule has 0 bridgehead atoms. The number of hydrogen-bond acceptors (Lipinski definition) is 8. The van der Waals surface area contributed by atoms with Crippen molar-refractivity contribution in [2.24, 2.45) is 5.92 Å². The molecule has 3 heterocycles. The summed E-state index contributed by atoms with van der Waals surface area (Å²) in [5.41, 5.74) is 4.56. The first-order valence-corrected chi connectivity index (χ1v) is 14.2. The van der Waals surface area contributed by atoms with Crippen molar-refractivity contribution in [3.05, 3.63) is 64.8 Å². The number of nitrogens with one attached hydrogen (secondary N) is 1. The van der Waals surface area contributed by atoms with E-state index in [2.05, 4.69) is 16.4 Å². The Labute approximate surface area is 227 Å². The van der Waals surface area contributed by atoms with Gasteiger partial charge < -0.3 is 20.1 Å². The number of benzene rings is 2. The van der Waals surface area contributed by atoms with Crippen molar-refractivity contribution in [2.45, 2.75) is 24.8 Å². The van der Waals surface area contributed by atoms with Gasteiger partial charge in [-0.05, 0) is 47.4 Å². The molecule has 198 valence electrons. The molecular formula is C27H28ClN5O4S. The number of piperidine rings is 1. The first kappa shape index (κ1) is 26.1.